The fraction of sp³-hybridized carbons (Fsp3) is 0.591. The molecule has 7 nitrogen and oxygen atoms in total. The minimum atomic E-state index is -0.221. The van der Waals surface area contributed by atoms with Crippen molar-refractivity contribution in [1.82, 2.24) is 9.80 Å². The van der Waals surface area contributed by atoms with Crippen molar-refractivity contribution in [3.05, 3.63) is 23.2 Å². The number of carbonyl (C=O) groups is 3. The standard InChI is InChI=1S/C22H30ClN3O4/c1-2-4-20(28)26-10-3-5-16(14-26)22(30)25-11-8-15(9-12-25)21(29)24-18-13-17(23)6-7-19(18)27/h6-7,13,15-16,27H,2-5,8-12,14H2,1H3,(H,24,29)/t16-/m1/s1. The maximum Gasteiger partial charge on any atom is 0.227 e. The first-order valence-electron chi connectivity index (χ1n) is 10.7. The Morgan fingerprint density at radius 3 is 2.53 bits per heavy atom. The average Bonchev–Trinajstić information content (AvgIpc) is 2.76. The van der Waals surface area contributed by atoms with Gasteiger partial charge in [0.1, 0.15) is 5.75 Å². The molecule has 3 amide bonds. The van der Waals surface area contributed by atoms with Crippen LogP contribution in [0.5, 0.6) is 5.75 Å². The molecule has 1 atom stereocenters. The number of amides is 3. The molecule has 2 N–H and O–H groups in total. The van der Waals surface area contributed by atoms with E-state index in [4.69, 9.17) is 11.6 Å². The van der Waals surface area contributed by atoms with E-state index in [1.165, 1.54) is 12.1 Å². The summed E-state index contributed by atoms with van der Waals surface area (Å²) >= 11 is 5.93. The molecule has 164 valence electrons. The molecule has 0 aromatic heterocycles. The fourth-order valence-electron chi connectivity index (χ4n) is 4.24. The van der Waals surface area contributed by atoms with Crippen molar-refractivity contribution in [2.75, 3.05) is 31.5 Å². The van der Waals surface area contributed by atoms with Gasteiger partial charge in [-0.25, -0.2) is 0 Å². The van der Waals surface area contributed by atoms with Crippen LogP contribution in [-0.2, 0) is 14.4 Å². The molecule has 2 aliphatic heterocycles. The maximum atomic E-state index is 13.0. The Kier molecular flexibility index (Phi) is 7.58. The predicted octanol–water partition coefficient (Wildman–Crippen LogP) is 3.26. The third kappa shape index (κ3) is 5.45. The summed E-state index contributed by atoms with van der Waals surface area (Å²) in [5, 5.41) is 13.1. The van der Waals surface area contributed by atoms with E-state index in [1.54, 1.807) is 6.07 Å². The van der Waals surface area contributed by atoms with Crippen molar-refractivity contribution in [3.63, 3.8) is 0 Å². The number of phenols is 1. The summed E-state index contributed by atoms with van der Waals surface area (Å²) in [5.74, 6) is -0.340. The van der Waals surface area contributed by atoms with Crippen LogP contribution in [0.3, 0.4) is 0 Å². The normalized spacial score (nSPS) is 20.1. The topological polar surface area (TPSA) is 90.0 Å². The monoisotopic (exact) mass is 435 g/mol. The molecule has 2 fully saturated rings. The van der Waals surface area contributed by atoms with Crippen molar-refractivity contribution in [2.45, 2.75) is 45.4 Å². The zero-order chi connectivity index (χ0) is 21.7. The number of rotatable bonds is 5. The minimum Gasteiger partial charge on any atom is -0.506 e. The smallest absolute Gasteiger partial charge is 0.227 e. The van der Waals surface area contributed by atoms with E-state index in [0.29, 0.717) is 49.6 Å². The second-order valence-corrected chi connectivity index (χ2v) is 8.62. The highest BCUT2D eigenvalue weighted by Crippen LogP contribution is 2.29. The van der Waals surface area contributed by atoms with Crippen molar-refractivity contribution in [1.29, 1.82) is 0 Å². The molecule has 2 saturated heterocycles. The lowest BCUT2D eigenvalue weighted by atomic mass is 9.92. The van der Waals surface area contributed by atoms with Crippen LogP contribution < -0.4 is 5.32 Å². The van der Waals surface area contributed by atoms with Gasteiger partial charge in [-0.15, -0.1) is 0 Å². The Labute approximate surface area is 182 Å². The molecule has 3 rings (SSSR count). The highest BCUT2D eigenvalue weighted by molar-refractivity contribution is 6.31. The molecule has 0 aliphatic carbocycles. The highest BCUT2D eigenvalue weighted by Gasteiger charge is 2.34. The van der Waals surface area contributed by atoms with Gasteiger partial charge < -0.3 is 20.2 Å². The van der Waals surface area contributed by atoms with E-state index in [0.717, 1.165) is 25.8 Å². The Morgan fingerprint density at radius 1 is 1.10 bits per heavy atom. The van der Waals surface area contributed by atoms with Crippen molar-refractivity contribution >= 4 is 35.0 Å². The number of carbonyl (C=O) groups excluding carboxylic acids is 3. The summed E-state index contributed by atoms with van der Waals surface area (Å²) in [5.41, 5.74) is 0.296. The molecule has 1 aromatic rings. The van der Waals surface area contributed by atoms with Gasteiger partial charge in [-0.05, 0) is 50.3 Å². The third-order valence-electron chi connectivity index (χ3n) is 5.98. The van der Waals surface area contributed by atoms with Gasteiger partial charge in [-0.3, -0.25) is 14.4 Å². The van der Waals surface area contributed by atoms with Crippen molar-refractivity contribution in [3.8, 4) is 5.75 Å². The van der Waals surface area contributed by atoms with E-state index in [1.807, 2.05) is 16.7 Å². The SMILES string of the molecule is CCCC(=O)N1CCC[C@@H](C(=O)N2CCC(C(=O)Nc3cc(Cl)ccc3O)CC2)C1. The first-order valence-corrected chi connectivity index (χ1v) is 11.1. The third-order valence-corrected chi connectivity index (χ3v) is 6.22. The van der Waals surface area contributed by atoms with Crippen LogP contribution in [0, 0.1) is 11.8 Å². The van der Waals surface area contributed by atoms with Gasteiger partial charge in [0.15, 0.2) is 0 Å². The van der Waals surface area contributed by atoms with Crippen LogP contribution in [0.2, 0.25) is 5.02 Å². The summed E-state index contributed by atoms with van der Waals surface area (Å²) in [6.45, 7) is 4.28. The molecule has 30 heavy (non-hydrogen) atoms. The quantitative estimate of drug-likeness (QED) is 0.694. The number of piperidine rings is 2. The van der Waals surface area contributed by atoms with Crippen LogP contribution in [0.4, 0.5) is 5.69 Å². The number of halogens is 1. The van der Waals surface area contributed by atoms with E-state index in [9.17, 15) is 19.5 Å². The molecular formula is C22H30ClN3O4. The van der Waals surface area contributed by atoms with Crippen molar-refractivity contribution < 1.29 is 19.5 Å². The number of hydrogen-bond donors (Lipinski definition) is 2. The number of benzene rings is 1. The minimum absolute atomic E-state index is 0.0279. The molecule has 8 heteroatoms. The van der Waals surface area contributed by atoms with Crippen LogP contribution >= 0.6 is 11.6 Å². The average molecular weight is 436 g/mol. The van der Waals surface area contributed by atoms with E-state index in [2.05, 4.69) is 5.32 Å². The number of likely N-dealkylation sites (tertiary alicyclic amines) is 2. The van der Waals surface area contributed by atoms with Gasteiger partial charge in [0.25, 0.3) is 0 Å². The van der Waals surface area contributed by atoms with E-state index >= 15 is 0 Å². The largest absolute Gasteiger partial charge is 0.506 e. The lowest BCUT2D eigenvalue weighted by Crippen LogP contribution is -2.49. The Bertz CT molecular complexity index is 793. The predicted molar refractivity (Wildman–Crippen MR) is 115 cm³/mol. The zero-order valence-corrected chi connectivity index (χ0v) is 18.2. The first kappa shape index (κ1) is 22.4. The molecule has 0 unspecified atom stereocenters. The van der Waals surface area contributed by atoms with E-state index < -0.39 is 0 Å². The molecule has 0 radical (unpaired) electrons. The number of aromatic hydroxyl groups is 1. The summed E-state index contributed by atoms with van der Waals surface area (Å²) < 4.78 is 0. The number of hydrogen-bond acceptors (Lipinski definition) is 4. The molecule has 0 saturated carbocycles. The van der Waals surface area contributed by atoms with Gasteiger partial charge in [0.05, 0.1) is 11.6 Å². The summed E-state index contributed by atoms with van der Waals surface area (Å²) in [6.07, 6.45) is 4.16. The number of phenolic OH excluding ortho intramolecular Hbond substituents is 1. The van der Waals surface area contributed by atoms with E-state index in [-0.39, 0.29) is 35.3 Å². The van der Waals surface area contributed by atoms with Crippen LogP contribution in [0.15, 0.2) is 18.2 Å². The molecule has 2 aliphatic rings. The van der Waals surface area contributed by atoms with Crippen LogP contribution in [0.25, 0.3) is 0 Å². The lowest BCUT2D eigenvalue weighted by molar-refractivity contribution is -0.142. The maximum absolute atomic E-state index is 13.0. The zero-order valence-electron chi connectivity index (χ0n) is 17.4. The summed E-state index contributed by atoms with van der Waals surface area (Å²) in [4.78, 5) is 41.4. The van der Waals surface area contributed by atoms with Crippen LogP contribution in [0.1, 0.15) is 45.4 Å². The number of nitrogens with one attached hydrogen (secondary N) is 1. The second-order valence-electron chi connectivity index (χ2n) is 8.18. The molecule has 0 spiro atoms. The van der Waals surface area contributed by atoms with Gasteiger partial charge in [-0.2, -0.15) is 0 Å². The molecular weight excluding hydrogens is 406 g/mol. The molecule has 0 bridgehead atoms. The van der Waals surface area contributed by atoms with Gasteiger partial charge in [0, 0.05) is 43.5 Å². The number of nitrogens with zero attached hydrogens (tertiary/aromatic N) is 2. The fourth-order valence-corrected chi connectivity index (χ4v) is 4.41. The second kappa shape index (κ2) is 10.2. The van der Waals surface area contributed by atoms with Gasteiger partial charge >= 0.3 is 0 Å². The first-order chi connectivity index (χ1) is 14.4. The lowest BCUT2D eigenvalue weighted by Gasteiger charge is -2.37. The van der Waals surface area contributed by atoms with Crippen LogP contribution in [-0.4, -0.2) is 58.8 Å². The van der Waals surface area contributed by atoms with Gasteiger partial charge in [0.2, 0.25) is 17.7 Å². The highest BCUT2D eigenvalue weighted by atomic mass is 35.5. The number of anilines is 1. The summed E-state index contributed by atoms with van der Waals surface area (Å²) in [6, 6.07) is 4.51. The molecule has 1 aromatic carbocycles. The Balaban J connectivity index is 1.51. The Hall–Kier alpha value is -2.28. The van der Waals surface area contributed by atoms with Gasteiger partial charge in [-0.1, -0.05) is 18.5 Å². The van der Waals surface area contributed by atoms with Crippen molar-refractivity contribution in [2.24, 2.45) is 11.8 Å². The Morgan fingerprint density at radius 2 is 1.83 bits per heavy atom. The summed E-state index contributed by atoms with van der Waals surface area (Å²) in [7, 11) is 0. The molecule has 2 heterocycles.